The minimum atomic E-state index is -1.42. The van der Waals surface area contributed by atoms with Gasteiger partial charge in [0.05, 0.1) is 0 Å². The first kappa shape index (κ1) is 10.0. The molecule has 1 rings (SSSR count). The van der Waals surface area contributed by atoms with E-state index >= 15 is 0 Å². The fourth-order valence-electron chi connectivity index (χ4n) is 0.663. The molecule has 0 aliphatic rings. The smallest absolute Gasteiger partial charge is 0.274 e. The second-order valence-corrected chi connectivity index (χ2v) is 2.33. The van der Waals surface area contributed by atoms with Gasteiger partial charge in [-0.15, -0.1) is 0 Å². The van der Waals surface area contributed by atoms with Crippen LogP contribution in [0.1, 0.15) is 11.1 Å². The Morgan fingerprint density at radius 3 is 1.45 bits per heavy atom. The Hall–Kier alpha value is -0.963. The normalized spacial score (nSPS) is 7.45. The van der Waals surface area contributed by atoms with E-state index in [4.69, 9.17) is 8.92 Å². The molecule has 1 aromatic carbocycles. The van der Waals surface area contributed by atoms with Gasteiger partial charge in [-0.3, -0.25) is 8.92 Å². The third-order valence-electron chi connectivity index (χ3n) is 1.43. The molecule has 0 radical (unpaired) electrons. The predicted molar refractivity (Wildman–Crippen MR) is 43.0 cm³/mol. The van der Waals surface area contributed by atoms with E-state index in [1.807, 2.05) is 0 Å². The van der Waals surface area contributed by atoms with Gasteiger partial charge < -0.3 is 0 Å². The second kappa shape index (κ2) is 5.79. The van der Waals surface area contributed by atoms with Crippen LogP contribution in [0.5, 0.6) is 0 Å². The molecule has 0 atom stereocenters. The number of hydrogen-bond acceptors (Lipinski definition) is 2. The summed E-state index contributed by atoms with van der Waals surface area (Å²) in [7, 11) is -1.42. The molecular weight excluding hydrogens is 156 g/mol. The van der Waals surface area contributed by atoms with Gasteiger partial charge in [0, 0.05) is 0 Å². The van der Waals surface area contributed by atoms with Crippen molar-refractivity contribution in [3.05, 3.63) is 35.4 Å². The lowest BCUT2D eigenvalue weighted by atomic mass is 10.1. The van der Waals surface area contributed by atoms with Crippen molar-refractivity contribution in [3.8, 4) is 0 Å². The third kappa shape index (κ3) is 4.44. The van der Waals surface area contributed by atoms with Gasteiger partial charge in [0.15, 0.2) is 0 Å². The molecule has 0 spiro atoms. The first-order valence-electron chi connectivity index (χ1n) is 3.24. The molecule has 11 heavy (non-hydrogen) atoms. The summed E-state index contributed by atoms with van der Waals surface area (Å²) in [5, 5.41) is 0. The maximum atomic E-state index is 8.40. The van der Waals surface area contributed by atoms with Crippen molar-refractivity contribution in [2.24, 2.45) is 0 Å². The van der Waals surface area contributed by atoms with Gasteiger partial charge in [0.1, 0.15) is 0 Å². The van der Waals surface area contributed by atoms with Crippen molar-refractivity contribution >= 4 is 9.29 Å². The lowest BCUT2D eigenvalue weighted by Gasteiger charge is -1.93. The Labute approximate surface area is 68.2 Å². The van der Waals surface area contributed by atoms with E-state index in [0.29, 0.717) is 0 Å². The van der Waals surface area contributed by atoms with E-state index in [9.17, 15) is 0 Å². The summed E-state index contributed by atoms with van der Waals surface area (Å²) < 4.78 is 16.8. The first-order valence-corrected chi connectivity index (χ1v) is 4.05. The number of aryl methyl sites for hydroxylation is 2. The van der Waals surface area contributed by atoms with Crippen molar-refractivity contribution < 1.29 is 8.92 Å². The van der Waals surface area contributed by atoms with Gasteiger partial charge in [0.2, 0.25) is 0 Å². The highest BCUT2D eigenvalue weighted by molar-refractivity contribution is 5.94. The summed E-state index contributed by atoms with van der Waals surface area (Å²) in [6, 6.07) is 8.36. The molecule has 3 heteroatoms. The van der Waals surface area contributed by atoms with Crippen LogP contribution in [-0.4, -0.2) is 9.29 Å². The van der Waals surface area contributed by atoms with Crippen LogP contribution in [0.25, 0.3) is 0 Å². The summed E-state index contributed by atoms with van der Waals surface area (Å²) in [6.07, 6.45) is 0. The molecule has 0 heterocycles. The van der Waals surface area contributed by atoms with E-state index in [1.54, 1.807) is 0 Å². The van der Waals surface area contributed by atoms with E-state index in [-0.39, 0.29) is 0 Å². The zero-order chi connectivity index (χ0) is 8.69. The van der Waals surface area contributed by atoms with Crippen LogP contribution < -0.4 is 0 Å². The van der Waals surface area contributed by atoms with Crippen molar-refractivity contribution in [1.82, 2.24) is 0 Å². The summed E-state index contributed by atoms with van der Waals surface area (Å²) in [6.45, 7) is 4.24. The number of benzene rings is 1. The maximum Gasteiger partial charge on any atom is 0.549 e. The van der Waals surface area contributed by atoms with E-state index in [0.717, 1.165) is 0 Å². The lowest BCUT2D eigenvalue weighted by Crippen LogP contribution is -1.74. The molecule has 0 bridgehead atoms. The minimum Gasteiger partial charge on any atom is -0.274 e. The topological polar surface area (TPSA) is 34.1 Å². The zero-order valence-electron chi connectivity index (χ0n) is 6.63. The number of hydrogen-bond donors (Lipinski definition) is 0. The molecule has 0 fully saturated rings. The number of rotatable bonds is 0. The van der Waals surface area contributed by atoms with Crippen molar-refractivity contribution in [2.75, 3.05) is 0 Å². The summed E-state index contributed by atoms with van der Waals surface area (Å²) >= 11 is 0. The lowest BCUT2D eigenvalue weighted by molar-refractivity contribution is 0.497. The molecule has 1 aromatic rings. The predicted octanol–water partition coefficient (Wildman–Crippen LogP) is 1.69. The van der Waals surface area contributed by atoms with Crippen LogP contribution in [0.4, 0.5) is 0 Å². The van der Waals surface area contributed by atoms with Gasteiger partial charge in [-0.25, -0.2) is 0 Å². The van der Waals surface area contributed by atoms with Gasteiger partial charge in [0.25, 0.3) is 0 Å². The molecule has 0 amide bonds. The van der Waals surface area contributed by atoms with Crippen LogP contribution in [0.3, 0.4) is 0 Å². The molecule has 0 aliphatic heterocycles. The van der Waals surface area contributed by atoms with Crippen LogP contribution in [-0.2, 0) is 8.92 Å². The summed E-state index contributed by atoms with van der Waals surface area (Å²) in [4.78, 5) is 0. The Bertz CT molecular complexity index is 231. The quantitative estimate of drug-likeness (QED) is 0.549. The fourth-order valence-corrected chi connectivity index (χ4v) is 0.663. The Morgan fingerprint density at radius 2 is 1.27 bits per heavy atom. The van der Waals surface area contributed by atoms with Crippen LogP contribution >= 0.6 is 0 Å². The summed E-state index contributed by atoms with van der Waals surface area (Å²) in [5.41, 5.74) is 2.74. The van der Waals surface area contributed by atoms with Crippen LogP contribution in [0, 0.1) is 13.8 Å². The zero-order valence-corrected chi connectivity index (χ0v) is 7.63. The second-order valence-electron chi connectivity index (χ2n) is 2.17. The SMILES string of the molecule is Cc1ccccc1C.O=[Si]=O. The van der Waals surface area contributed by atoms with E-state index in [2.05, 4.69) is 38.1 Å². The molecule has 0 unspecified atom stereocenters. The van der Waals surface area contributed by atoms with E-state index < -0.39 is 9.29 Å². The fraction of sp³-hybridized carbons (Fsp3) is 0.250. The van der Waals surface area contributed by atoms with Gasteiger partial charge in [-0.05, 0) is 25.0 Å². The third-order valence-corrected chi connectivity index (χ3v) is 1.43. The molecule has 2 nitrogen and oxygen atoms in total. The standard InChI is InChI=1S/C8H10.O2Si/c1-7-5-3-4-6-8(7)2;1-3-2/h3-6H,1-2H3;. The summed E-state index contributed by atoms with van der Waals surface area (Å²) in [5.74, 6) is 0. The van der Waals surface area contributed by atoms with Gasteiger partial charge in [-0.1, -0.05) is 24.3 Å². The molecule has 58 valence electrons. The molecule has 0 N–H and O–H groups in total. The van der Waals surface area contributed by atoms with Gasteiger partial charge >= 0.3 is 9.29 Å². The molecule has 0 saturated heterocycles. The van der Waals surface area contributed by atoms with Crippen molar-refractivity contribution in [3.63, 3.8) is 0 Å². The van der Waals surface area contributed by atoms with Crippen molar-refractivity contribution in [2.45, 2.75) is 13.8 Å². The molecular formula is C8H10O2Si. The highest BCUT2D eigenvalue weighted by Crippen LogP contribution is 2.02. The Balaban J connectivity index is 0.000000292. The Kier molecular flexibility index (Phi) is 5.29. The average Bonchev–Trinajstić information content (AvgIpc) is 1.97. The minimum absolute atomic E-state index is 1.37. The Morgan fingerprint density at radius 1 is 1.00 bits per heavy atom. The van der Waals surface area contributed by atoms with Crippen LogP contribution in [0.15, 0.2) is 24.3 Å². The first-order chi connectivity index (χ1) is 5.22. The molecule has 0 aliphatic carbocycles. The van der Waals surface area contributed by atoms with E-state index in [1.165, 1.54) is 11.1 Å². The molecule has 0 aromatic heterocycles. The highest BCUT2D eigenvalue weighted by Gasteiger charge is 1.83. The highest BCUT2D eigenvalue weighted by atomic mass is 28.2. The largest absolute Gasteiger partial charge is 0.549 e. The average molecular weight is 166 g/mol. The van der Waals surface area contributed by atoms with Crippen LogP contribution in [0.2, 0.25) is 0 Å². The maximum absolute atomic E-state index is 8.40. The molecule has 0 saturated carbocycles. The van der Waals surface area contributed by atoms with Gasteiger partial charge in [-0.2, -0.15) is 0 Å². The monoisotopic (exact) mass is 166 g/mol. The van der Waals surface area contributed by atoms with Crippen molar-refractivity contribution in [1.29, 1.82) is 0 Å².